The average molecular weight is 257 g/mol. The molecule has 0 aromatic carbocycles. The molecule has 1 aliphatic heterocycles. The Hall–Kier alpha value is -0.650. The van der Waals surface area contributed by atoms with Gasteiger partial charge < -0.3 is 15.0 Å². The number of carbonyl (C=O) groups excluding carboxylic acids is 1. The molecule has 18 heavy (non-hydrogen) atoms. The van der Waals surface area contributed by atoms with Crippen LogP contribution in [0.2, 0.25) is 0 Å². The molecule has 0 spiro atoms. The fourth-order valence-corrected chi connectivity index (χ4v) is 2.51. The number of esters is 1. The molecule has 1 fully saturated rings. The standard InChI is InChI=1S/C13H27N3O2/c1-13(14-2,12(17)18-5)10-16-8-6-7-11(9-16)15(3)4/h11,14H,6-10H2,1-5H3. The highest BCUT2D eigenvalue weighted by atomic mass is 16.5. The van der Waals surface area contributed by atoms with Gasteiger partial charge in [-0.15, -0.1) is 0 Å². The highest BCUT2D eigenvalue weighted by Gasteiger charge is 2.36. The molecule has 1 heterocycles. The van der Waals surface area contributed by atoms with Crippen LogP contribution in [0.5, 0.6) is 0 Å². The number of likely N-dealkylation sites (tertiary alicyclic amines) is 1. The lowest BCUT2D eigenvalue weighted by molar-refractivity contribution is -0.148. The first-order valence-electron chi connectivity index (χ1n) is 6.59. The van der Waals surface area contributed by atoms with Crippen LogP contribution in [0.1, 0.15) is 19.8 Å². The van der Waals surface area contributed by atoms with E-state index in [0.717, 1.165) is 13.1 Å². The first kappa shape index (κ1) is 15.4. The zero-order chi connectivity index (χ0) is 13.8. The number of nitrogens with one attached hydrogen (secondary N) is 1. The van der Waals surface area contributed by atoms with Gasteiger partial charge in [-0.25, -0.2) is 0 Å². The summed E-state index contributed by atoms with van der Waals surface area (Å²) < 4.78 is 4.88. The number of rotatable bonds is 5. The van der Waals surface area contributed by atoms with Crippen molar-refractivity contribution in [3.05, 3.63) is 0 Å². The lowest BCUT2D eigenvalue weighted by Crippen LogP contribution is -2.58. The number of ether oxygens (including phenoxy) is 1. The Bertz CT molecular complexity index is 283. The van der Waals surface area contributed by atoms with Crippen LogP contribution >= 0.6 is 0 Å². The van der Waals surface area contributed by atoms with Crippen molar-refractivity contribution in [1.82, 2.24) is 15.1 Å². The van der Waals surface area contributed by atoms with Crippen LogP contribution in [-0.2, 0) is 9.53 Å². The molecule has 106 valence electrons. The van der Waals surface area contributed by atoms with E-state index >= 15 is 0 Å². The maximum absolute atomic E-state index is 11.8. The van der Waals surface area contributed by atoms with E-state index in [1.807, 2.05) is 14.0 Å². The number of carbonyl (C=O) groups is 1. The zero-order valence-corrected chi connectivity index (χ0v) is 12.3. The molecule has 1 rings (SSSR count). The van der Waals surface area contributed by atoms with Gasteiger partial charge in [-0.05, 0) is 47.5 Å². The second-order valence-corrected chi connectivity index (χ2v) is 5.57. The second kappa shape index (κ2) is 6.50. The van der Waals surface area contributed by atoms with Crippen molar-refractivity contribution in [2.75, 3.05) is 47.9 Å². The van der Waals surface area contributed by atoms with E-state index in [4.69, 9.17) is 4.74 Å². The van der Waals surface area contributed by atoms with Gasteiger partial charge in [-0.3, -0.25) is 9.69 Å². The molecule has 1 aliphatic rings. The quantitative estimate of drug-likeness (QED) is 0.711. The largest absolute Gasteiger partial charge is 0.468 e. The first-order chi connectivity index (χ1) is 8.42. The molecular formula is C13H27N3O2. The number of methoxy groups -OCH3 is 1. The van der Waals surface area contributed by atoms with Crippen LogP contribution in [0.15, 0.2) is 0 Å². The topological polar surface area (TPSA) is 44.8 Å². The first-order valence-corrected chi connectivity index (χ1v) is 6.59. The summed E-state index contributed by atoms with van der Waals surface area (Å²) in [5, 5.41) is 3.09. The summed E-state index contributed by atoms with van der Waals surface area (Å²) in [5.41, 5.74) is -0.622. The Balaban J connectivity index is 2.62. The lowest BCUT2D eigenvalue weighted by atomic mass is 9.98. The summed E-state index contributed by atoms with van der Waals surface area (Å²) in [7, 11) is 7.48. The highest BCUT2D eigenvalue weighted by molar-refractivity contribution is 5.80. The predicted octanol–water partition coefficient (Wildman–Crippen LogP) is 0.164. The Morgan fingerprint density at radius 1 is 1.56 bits per heavy atom. The third kappa shape index (κ3) is 3.67. The summed E-state index contributed by atoms with van der Waals surface area (Å²) in [4.78, 5) is 16.4. The van der Waals surface area contributed by atoms with Gasteiger partial charge in [0.1, 0.15) is 5.54 Å². The van der Waals surface area contributed by atoms with Crippen molar-refractivity contribution in [1.29, 1.82) is 0 Å². The Morgan fingerprint density at radius 2 is 2.22 bits per heavy atom. The van der Waals surface area contributed by atoms with Crippen LogP contribution in [0.4, 0.5) is 0 Å². The van der Waals surface area contributed by atoms with E-state index in [1.54, 1.807) is 0 Å². The molecule has 5 nitrogen and oxygen atoms in total. The number of hydrogen-bond acceptors (Lipinski definition) is 5. The van der Waals surface area contributed by atoms with Crippen molar-refractivity contribution in [2.24, 2.45) is 0 Å². The molecular weight excluding hydrogens is 230 g/mol. The highest BCUT2D eigenvalue weighted by Crippen LogP contribution is 2.17. The molecule has 2 unspecified atom stereocenters. The molecule has 2 atom stereocenters. The van der Waals surface area contributed by atoms with Gasteiger partial charge in [0.05, 0.1) is 7.11 Å². The van der Waals surface area contributed by atoms with Crippen LogP contribution in [-0.4, -0.2) is 75.2 Å². The van der Waals surface area contributed by atoms with Crippen molar-refractivity contribution >= 4 is 5.97 Å². The molecule has 1 saturated heterocycles. The van der Waals surface area contributed by atoms with E-state index in [0.29, 0.717) is 12.6 Å². The van der Waals surface area contributed by atoms with Crippen molar-refractivity contribution in [2.45, 2.75) is 31.3 Å². The summed E-state index contributed by atoms with van der Waals surface area (Å²) in [6.07, 6.45) is 2.42. The monoisotopic (exact) mass is 257 g/mol. The van der Waals surface area contributed by atoms with Gasteiger partial charge in [0.25, 0.3) is 0 Å². The molecule has 5 heteroatoms. The number of piperidine rings is 1. The Kier molecular flexibility index (Phi) is 5.56. The minimum Gasteiger partial charge on any atom is -0.468 e. The minimum absolute atomic E-state index is 0.197. The molecule has 0 saturated carbocycles. The fourth-order valence-electron chi connectivity index (χ4n) is 2.51. The molecule has 1 N–H and O–H groups in total. The summed E-state index contributed by atoms with van der Waals surface area (Å²) in [6, 6.07) is 0.581. The number of likely N-dealkylation sites (N-methyl/N-ethyl adjacent to an activating group) is 2. The molecule has 0 aromatic rings. The predicted molar refractivity (Wildman–Crippen MR) is 72.6 cm³/mol. The van der Waals surface area contributed by atoms with Gasteiger partial charge in [-0.2, -0.15) is 0 Å². The number of hydrogen-bond donors (Lipinski definition) is 1. The maximum atomic E-state index is 11.8. The zero-order valence-electron chi connectivity index (χ0n) is 12.3. The van der Waals surface area contributed by atoms with Gasteiger partial charge in [0, 0.05) is 19.1 Å². The smallest absolute Gasteiger partial charge is 0.327 e. The Morgan fingerprint density at radius 3 is 2.72 bits per heavy atom. The molecule has 0 bridgehead atoms. The van der Waals surface area contributed by atoms with Crippen LogP contribution in [0.25, 0.3) is 0 Å². The van der Waals surface area contributed by atoms with Crippen LogP contribution in [0, 0.1) is 0 Å². The Labute approximate surface area is 110 Å². The van der Waals surface area contributed by atoms with Crippen molar-refractivity contribution in [3.8, 4) is 0 Å². The minimum atomic E-state index is -0.622. The SMILES string of the molecule is CNC(C)(CN1CCCC(N(C)C)C1)C(=O)OC. The molecule has 0 aliphatic carbocycles. The maximum Gasteiger partial charge on any atom is 0.327 e. The van der Waals surface area contributed by atoms with E-state index in [9.17, 15) is 4.79 Å². The fraction of sp³-hybridized carbons (Fsp3) is 0.923. The number of nitrogens with zero attached hydrogens (tertiary/aromatic N) is 2. The van der Waals surface area contributed by atoms with E-state index < -0.39 is 5.54 Å². The normalized spacial score (nSPS) is 24.9. The average Bonchev–Trinajstić information content (AvgIpc) is 2.37. The van der Waals surface area contributed by atoms with Gasteiger partial charge in [0.2, 0.25) is 0 Å². The van der Waals surface area contributed by atoms with E-state index in [1.165, 1.54) is 20.0 Å². The summed E-state index contributed by atoms with van der Waals surface area (Å²) in [6.45, 7) is 4.67. The lowest BCUT2D eigenvalue weighted by Gasteiger charge is -2.40. The van der Waals surface area contributed by atoms with Gasteiger partial charge in [0.15, 0.2) is 0 Å². The molecule has 0 radical (unpaired) electrons. The van der Waals surface area contributed by atoms with Gasteiger partial charge >= 0.3 is 5.97 Å². The van der Waals surface area contributed by atoms with Crippen LogP contribution in [0.3, 0.4) is 0 Å². The molecule has 0 aromatic heterocycles. The third-order valence-electron chi connectivity index (χ3n) is 3.94. The summed E-state index contributed by atoms with van der Waals surface area (Å²) in [5.74, 6) is -0.197. The van der Waals surface area contributed by atoms with E-state index in [2.05, 4.69) is 29.2 Å². The van der Waals surface area contributed by atoms with Crippen LogP contribution < -0.4 is 5.32 Å². The van der Waals surface area contributed by atoms with Gasteiger partial charge in [-0.1, -0.05) is 0 Å². The third-order valence-corrected chi connectivity index (χ3v) is 3.94. The summed E-state index contributed by atoms with van der Waals surface area (Å²) >= 11 is 0. The second-order valence-electron chi connectivity index (χ2n) is 5.57. The van der Waals surface area contributed by atoms with E-state index in [-0.39, 0.29) is 5.97 Å². The van der Waals surface area contributed by atoms with Crippen molar-refractivity contribution in [3.63, 3.8) is 0 Å². The van der Waals surface area contributed by atoms with Crippen molar-refractivity contribution < 1.29 is 9.53 Å². The molecule has 0 amide bonds.